The first kappa shape index (κ1) is 20.1. The summed E-state index contributed by atoms with van der Waals surface area (Å²) in [5.74, 6) is 3.39. The van der Waals surface area contributed by atoms with Crippen LogP contribution in [0.2, 0.25) is 0 Å². The van der Waals surface area contributed by atoms with Gasteiger partial charge in [0.2, 0.25) is 0 Å². The van der Waals surface area contributed by atoms with Crippen LogP contribution in [0.3, 0.4) is 0 Å². The molecule has 0 aromatic rings. The smallest absolute Gasteiger partial charge is 0.384 e. The van der Waals surface area contributed by atoms with Gasteiger partial charge in [-0.25, -0.2) is 9.18 Å². The summed E-state index contributed by atoms with van der Waals surface area (Å²) >= 11 is 0. The van der Waals surface area contributed by atoms with Gasteiger partial charge < -0.3 is 4.74 Å². The minimum atomic E-state index is -1.89. The molecule has 0 aromatic carbocycles. The van der Waals surface area contributed by atoms with Crippen molar-refractivity contribution in [2.24, 2.45) is 28.6 Å². The summed E-state index contributed by atoms with van der Waals surface area (Å²) < 4.78 is 23.0. The summed E-state index contributed by atoms with van der Waals surface area (Å²) in [7, 11) is 0. The number of carbonyl (C=O) groups excluding carboxylic acids is 3. The monoisotopic (exact) mass is 398 g/mol. The summed E-state index contributed by atoms with van der Waals surface area (Å²) in [6.45, 7) is 7.13. The van der Waals surface area contributed by atoms with E-state index in [9.17, 15) is 14.4 Å². The van der Waals surface area contributed by atoms with Crippen molar-refractivity contribution < 1.29 is 23.5 Å². The van der Waals surface area contributed by atoms with E-state index < -0.39 is 34.5 Å². The standard InChI is InChI=1S/C24H27FO4/c1-5-6-20(27)29-19-13-22(3)18(11-14(2)21(22)28)17-8-7-15-12-16(26)9-10-23(15,4)24(17,19)25/h9-10,12,14,17-19H,7-8,11,13H2,1-4H3/t14-,17+,18+,19+,22+,23+,24+/m1/s1. The van der Waals surface area contributed by atoms with Crippen LogP contribution in [0, 0.1) is 40.4 Å². The fraction of sp³-hybridized carbons (Fsp3) is 0.625. The van der Waals surface area contributed by atoms with Gasteiger partial charge in [0.25, 0.3) is 0 Å². The summed E-state index contributed by atoms with van der Waals surface area (Å²) in [5.41, 5.74) is -2.92. The first-order valence-electron chi connectivity index (χ1n) is 10.4. The Balaban J connectivity index is 1.86. The lowest BCUT2D eigenvalue weighted by Crippen LogP contribution is -2.67. The maximum absolute atomic E-state index is 17.4. The number of halogens is 1. The van der Waals surface area contributed by atoms with Gasteiger partial charge in [-0.05, 0) is 51.2 Å². The van der Waals surface area contributed by atoms with E-state index in [1.54, 1.807) is 13.0 Å². The minimum Gasteiger partial charge on any atom is -0.449 e. The maximum atomic E-state index is 17.4. The Bertz CT molecular complexity index is 921. The van der Waals surface area contributed by atoms with E-state index >= 15 is 4.39 Å². The minimum absolute atomic E-state index is 0.105. The third-order valence-corrected chi connectivity index (χ3v) is 8.10. The van der Waals surface area contributed by atoms with E-state index in [1.165, 1.54) is 19.1 Å². The predicted octanol–water partition coefficient (Wildman–Crippen LogP) is 3.75. The second-order valence-electron chi connectivity index (χ2n) is 9.52. The molecule has 154 valence electrons. The second kappa shape index (κ2) is 6.39. The van der Waals surface area contributed by atoms with E-state index in [0.29, 0.717) is 19.3 Å². The van der Waals surface area contributed by atoms with Crippen LogP contribution in [0.15, 0.2) is 23.8 Å². The van der Waals surface area contributed by atoms with E-state index in [4.69, 9.17) is 4.74 Å². The first-order valence-corrected chi connectivity index (χ1v) is 10.4. The number of hydrogen-bond donors (Lipinski definition) is 0. The van der Waals surface area contributed by atoms with E-state index in [1.807, 2.05) is 13.8 Å². The van der Waals surface area contributed by atoms with Gasteiger partial charge in [0.1, 0.15) is 11.9 Å². The molecule has 7 atom stereocenters. The van der Waals surface area contributed by atoms with Crippen molar-refractivity contribution in [1.82, 2.24) is 0 Å². The van der Waals surface area contributed by atoms with Crippen molar-refractivity contribution in [3.05, 3.63) is 23.8 Å². The Morgan fingerprint density at radius 3 is 2.69 bits per heavy atom. The Morgan fingerprint density at radius 1 is 1.28 bits per heavy atom. The van der Waals surface area contributed by atoms with E-state index in [-0.39, 0.29) is 29.8 Å². The van der Waals surface area contributed by atoms with Crippen molar-refractivity contribution in [2.45, 2.75) is 65.2 Å². The van der Waals surface area contributed by atoms with E-state index in [0.717, 1.165) is 5.57 Å². The third kappa shape index (κ3) is 2.54. The van der Waals surface area contributed by atoms with Gasteiger partial charge in [0, 0.05) is 35.0 Å². The van der Waals surface area contributed by atoms with E-state index in [2.05, 4.69) is 11.8 Å². The Morgan fingerprint density at radius 2 is 2.00 bits per heavy atom. The zero-order chi connectivity index (χ0) is 21.2. The van der Waals surface area contributed by atoms with Crippen molar-refractivity contribution in [1.29, 1.82) is 0 Å². The lowest BCUT2D eigenvalue weighted by atomic mass is 9.46. The van der Waals surface area contributed by atoms with Gasteiger partial charge in [-0.2, -0.15) is 0 Å². The predicted molar refractivity (Wildman–Crippen MR) is 105 cm³/mol. The molecule has 0 N–H and O–H groups in total. The number of ketones is 2. The Kier molecular flexibility index (Phi) is 4.42. The number of esters is 1. The lowest BCUT2D eigenvalue weighted by Gasteiger charge is -2.61. The molecule has 0 radical (unpaired) electrons. The molecule has 3 saturated carbocycles. The van der Waals surface area contributed by atoms with Crippen LogP contribution in [-0.4, -0.2) is 29.3 Å². The summed E-state index contributed by atoms with van der Waals surface area (Å²) in [6, 6.07) is 0. The van der Waals surface area contributed by atoms with Crippen molar-refractivity contribution in [3.8, 4) is 11.8 Å². The number of allylic oxidation sites excluding steroid dienone is 4. The summed E-state index contributed by atoms with van der Waals surface area (Å²) in [6.07, 6.45) is 5.43. The number of carbonyl (C=O) groups is 3. The van der Waals surface area contributed by atoms with Crippen LogP contribution in [0.25, 0.3) is 0 Å². The van der Waals surface area contributed by atoms with Crippen LogP contribution in [0.4, 0.5) is 4.39 Å². The Labute approximate surface area is 170 Å². The zero-order valence-electron chi connectivity index (χ0n) is 17.4. The molecule has 29 heavy (non-hydrogen) atoms. The van der Waals surface area contributed by atoms with Crippen LogP contribution in [0.1, 0.15) is 53.4 Å². The quantitative estimate of drug-likeness (QED) is 0.383. The Hall–Kier alpha value is -2.22. The highest BCUT2D eigenvalue weighted by molar-refractivity contribution is 6.01. The SMILES string of the molecule is CC#CC(=O)O[C@H]1C[C@]2(C)C(=O)[C@H](C)C[C@H]2[C@@H]2CCC3=CC(=O)C=C[C@]3(C)[C@@]12F. The molecule has 4 aliphatic rings. The van der Waals surface area contributed by atoms with Crippen LogP contribution in [-0.2, 0) is 19.1 Å². The van der Waals surface area contributed by atoms with Crippen LogP contribution in [0.5, 0.6) is 0 Å². The molecule has 0 bridgehead atoms. The van der Waals surface area contributed by atoms with Crippen molar-refractivity contribution in [3.63, 3.8) is 0 Å². The van der Waals surface area contributed by atoms with Gasteiger partial charge in [0.15, 0.2) is 11.5 Å². The molecule has 3 fully saturated rings. The summed E-state index contributed by atoms with van der Waals surface area (Å²) in [5, 5.41) is 0. The average molecular weight is 398 g/mol. The fourth-order valence-corrected chi connectivity index (χ4v) is 6.68. The molecule has 0 spiro atoms. The number of fused-ring (bicyclic) bond motifs is 5. The highest BCUT2D eigenvalue weighted by Crippen LogP contribution is 2.68. The largest absolute Gasteiger partial charge is 0.449 e. The molecule has 0 saturated heterocycles. The van der Waals surface area contributed by atoms with Crippen LogP contribution < -0.4 is 0 Å². The van der Waals surface area contributed by atoms with Gasteiger partial charge >= 0.3 is 5.97 Å². The molecule has 5 heteroatoms. The summed E-state index contributed by atoms with van der Waals surface area (Å²) in [4.78, 5) is 37.2. The first-order chi connectivity index (χ1) is 13.6. The van der Waals surface area contributed by atoms with Crippen molar-refractivity contribution in [2.75, 3.05) is 0 Å². The number of Topliss-reactive ketones (excluding diaryl/α,β-unsaturated/α-hetero) is 1. The molecule has 0 aromatic heterocycles. The second-order valence-corrected chi connectivity index (χ2v) is 9.52. The van der Waals surface area contributed by atoms with Gasteiger partial charge in [-0.15, -0.1) is 0 Å². The maximum Gasteiger partial charge on any atom is 0.384 e. The highest BCUT2D eigenvalue weighted by atomic mass is 19.1. The van der Waals surface area contributed by atoms with Gasteiger partial charge in [0.05, 0.1) is 0 Å². The molecule has 4 nitrogen and oxygen atoms in total. The number of ether oxygens (including phenoxy) is 1. The van der Waals surface area contributed by atoms with Crippen molar-refractivity contribution >= 4 is 17.5 Å². The fourth-order valence-electron chi connectivity index (χ4n) is 6.68. The molecular formula is C24H27FO4. The molecule has 0 heterocycles. The topological polar surface area (TPSA) is 60.4 Å². The number of rotatable bonds is 1. The normalized spacial score (nSPS) is 45.3. The average Bonchev–Trinajstić information content (AvgIpc) is 2.87. The third-order valence-electron chi connectivity index (χ3n) is 8.10. The van der Waals surface area contributed by atoms with Gasteiger partial charge in [-0.3, -0.25) is 9.59 Å². The number of alkyl halides is 1. The van der Waals surface area contributed by atoms with Gasteiger partial charge in [-0.1, -0.05) is 31.4 Å². The molecule has 0 amide bonds. The lowest BCUT2D eigenvalue weighted by molar-refractivity contribution is -0.206. The zero-order valence-corrected chi connectivity index (χ0v) is 17.4. The molecule has 0 aliphatic heterocycles. The molecule has 4 rings (SSSR count). The van der Waals surface area contributed by atoms with Crippen LogP contribution >= 0.6 is 0 Å². The number of hydrogen-bond acceptors (Lipinski definition) is 4. The molecular weight excluding hydrogens is 371 g/mol. The molecule has 4 aliphatic carbocycles. The molecule has 0 unspecified atom stereocenters. The highest BCUT2D eigenvalue weighted by Gasteiger charge is 2.72.